The number of hydrogen-bond acceptors (Lipinski definition) is 4. The van der Waals surface area contributed by atoms with E-state index >= 15 is 0 Å². The van der Waals surface area contributed by atoms with E-state index in [2.05, 4.69) is 15.4 Å². The lowest BCUT2D eigenvalue weighted by atomic mass is 9.91. The average molecular weight is 263 g/mol. The molecule has 0 bridgehead atoms. The van der Waals surface area contributed by atoms with E-state index in [1.165, 1.54) is 6.33 Å². The Kier molecular flexibility index (Phi) is 2.76. The van der Waals surface area contributed by atoms with E-state index in [0.717, 1.165) is 25.7 Å². The molecule has 19 heavy (non-hydrogen) atoms. The highest BCUT2D eigenvalue weighted by Crippen LogP contribution is 2.37. The summed E-state index contributed by atoms with van der Waals surface area (Å²) in [5.41, 5.74) is -0.665. The van der Waals surface area contributed by atoms with Crippen LogP contribution >= 0.6 is 0 Å². The van der Waals surface area contributed by atoms with Gasteiger partial charge in [0, 0.05) is 7.05 Å². The van der Waals surface area contributed by atoms with Gasteiger partial charge in [0.2, 0.25) is 11.8 Å². The SMILES string of the molecule is Cn1ncnc1CN1C(=O)CNC(=O)C12CCCC2. The Labute approximate surface area is 111 Å². The van der Waals surface area contributed by atoms with Gasteiger partial charge in [-0.3, -0.25) is 14.3 Å². The van der Waals surface area contributed by atoms with Gasteiger partial charge >= 0.3 is 0 Å². The van der Waals surface area contributed by atoms with Crippen LogP contribution in [0, 0.1) is 0 Å². The molecule has 1 spiro atoms. The summed E-state index contributed by atoms with van der Waals surface area (Å²) in [7, 11) is 1.79. The molecule has 1 saturated heterocycles. The first-order chi connectivity index (χ1) is 9.13. The van der Waals surface area contributed by atoms with E-state index in [4.69, 9.17) is 0 Å². The molecule has 1 N–H and O–H groups in total. The standard InChI is InChI=1S/C12H17N5O2/c1-16-9(14-8-15-16)7-17-10(18)6-13-11(19)12(17)4-2-3-5-12/h8H,2-7H2,1H3,(H,13,19). The molecule has 7 nitrogen and oxygen atoms in total. The van der Waals surface area contributed by atoms with Crippen molar-refractivity contribution in [2.24, 2.45) is 7.05 Å². The third-order valence-corrected chi connectivity index (χ3v) is 4.18. The number of carbonyl (C=O) groups excluding carboxylic acids is 2. The fraction of sp³-hybridized carbons (Fsp3) is 0.667. The fourth-order valence-corrected chi connectivity index (χ4v) is 3.08. The number of carbonyl (C=O) groups is 2. The predicted molar refractivity (Wildman–Crippen MR) is 65.8 cm³/mol. The van der Waals surface area contributed by atoms with Gasteiger partial charge in [0.25, 0.3) is 0 Å². The lowest BCUT2D eigenvalue weighted by molar-refractivity contribution is -0.154. The fourth-order valence-electron chi connectivity index (χ4n) is 3.08. The molecule has 0 radical (unpaired) electrons. The van der Waals surface area contributed by atoms with Gasteiger partial charge in [-0.05, 0) is 12.8 Å². The molecule has 7 heteroatoms. The van der Waals surface area contributed by atoms with Gasteiger partial charge in [-0.2, -0.15) is 5.10 Å². The summed E-state index contributed by atoms with van der Waals surface area (Å²) in [6.07, 6.45) is 4.90. The maximum atomic E-state index is 12.2. The van der Waals surface area contributed by atoms with Crippen LogP contribution in [0.4, 0.5) is 0 Å². The van der Waals surface area contributed by atoms with E-state index in [1.807, 2.05) is 0 Å². The summed E-state index contributed by atoms with van der Waals surface area (Å²) in [5, 5.41) is 6.72. The predicted octanol–water partition coefficient (Wildman–Crippen LogP) is -0.414. The van der Waals surface area contributed by atoms with Crippen molar-refractivity contribution in [1.82, 2.24) is 25.0 Å². The Balaban J connectivity index is 1.93. The molecular formula is C12H17N5O2. The second-order valence-corrected chi connectivity index (χ2v) is 5.20. The zero-order valence-electron chi connectivity index (χ0n) is 10.9. The van der Waals surface area contributed by atoms with Gasteiger partial charge in [0.1, 0.15) is 17.7 Å². The van der Waals surface area contributed by atoms with Gasteiger partial charge in [-0.15, -0.1) is 0 Å². The number of piperazine rings is 1. The van der Waals surface area contributed by atoms with E-state index in [1.54, 1.807) is 16.6 Å². The molecule has 1 aliphatic heterocycles. The maximum absolute atomic E-state index is 12.2. The number of rotatable bonds is 2. The lowest BCUT2D eigenvalue weighted by Gasteiger charge is -2.43. The molecule has 2 fully saturated rings. The summed E-state index contributed by atoms with van der Waals surface area (Å²) in [6, 6.07) is 0. The Morgan fingerprint density at radius 3 is 2.74 bits per heavy atom. The van der Waals surface area contributed by atoms with Gasteiger partial charge in [0.05, 0.1) is 13.1 Å². The van der Waals surface area contributed by atoms with Crippen molar-refractivity contribution in [3.8, 4) is 0 Å². The largest absolute Gasteiger partial charge is 0.345 e. The van der Waals surface area contributed by atoms with Gasteiger partial charge in [-0.25, -0.2) is 4.98 Å². The second-order valence-electron chi connectivity index (χ2n) is 5.20. The summed E-state index contributed by atoms with van der Waals surface area (Å²) < 4.78 is 1.64. The molecule has 102 valence electrons. The number of hydrogen-bond donors (Lipinski definition) is 1. The van der Waals surface area contributed by atoms with E-state index in [-0.39, 0.29) is 18.4 Å². The summed E-state index contributed by atoms with van der Waals surface area (Å²) in [5.74, 6) is 0.644. The van der Waals surface area contributed by atoms with Crippen LogP contribution < -0.4 is 5.32 Å². The minimum absolute atomic E-state index is 0.0215. The molecule has 2 aliphatic rings. The lowest BCUT2D eigenvalue weighted by Crippen LogP contribution is -2.65. The summed E-state index contributed by atoms with van der Waals surface area (Å²) in [4.78, 5) is 30.3. The van der Waals surface area contributed by atoms with Crippen molar-refractivity contribution in [3.05, 3.63) is 12.2 Å². The van der Waals surface area contributed by atoms with E-state index in [0.29, 0.717) is 12.4 Å². The normalized spacial score (nSPS) is 22.1. The van der Waals surface area contributed by atoms with Crippen molar-refractivity contribution in [3.63, 3.8) is 0 Å². The van der Waals surface area contributed by atoms with Crippen molar-refractivity contribution < 1.29 is 9.59 Å². The molecule has 2 heterocycles. The van der Waals surface area contributed by atoms with Crippen molar-refractivity contribution >= 4 is 11.8 Å². The highest BCUT2D eigenvalue weighted by Gasteiger charge is 2.51. The van der Waals surface area contributed by atoms with Crippen LogP contribution in [-0.2, 0) is 23.2 Å². The van der Waals surface area contributed by atoms with Crippen molar-refractivity contribution in [1.29, 1.82) is 0 Å². The Morgan fingerprint density at radius 1 is 1.37 bits per heavy atom. The smallest absolute Gasteiger partial charge is 0.246 e. The first kappa shape index (κ1) is 12.1. The quantitative estimate of drug-likeness (QED) is 0.786. The topological polar surface area (TPSA) is 80.1 Å². The van der Waals surface area contributed by atoms with Crippen LogP contribution in [0.2, 0.25) is 0 Å². The minimum Gasteiger partial charge on any atom is -0.345 e. The van der Waals surface area contributed by atoms with Crippen molar-refractivity contribution in [2.45, 2.75) is 37.8 Å². The molecule has 2 amide bonds. The van der Waals surface area contributed by atoms with Crippen LogP contribution in [0.15, 0.2) is 6.33 Å². The number of aromatic nitrogens is 3. The average Bonchev–Trinajstić information content (AvgIpc) is 3.01. The molecule has 1 saturated carbocycles. The molecule has 1 aliphatic carbocycles. The van der Waals surface area contributed by atoms with Crippen LogP contribution in [0.1, 0.15) is 31.5 Å². The summed E-state index contributed by atoms with van der Waals surface area (Å²) >= 11 is 0. The second kappa shape index (κ2) is 4.32. The number of amides is 2. The number of nitrogens with one attached hydrogen (secondary N) is 1. The number of aryl methyl sites for hydroxylation is 1. The van der Waals surface area contributed by atoms with Crippen LogP contribution in [0.3, 0.4) is 0 Å². The zero-order chi connectivity index (χ0) is 13.5. The molecular weight excluding hydrogens is 246 g/mol. The van der Waals surface area contributed by atoms with E-state index in [9.17, 15) is 9.59 Å². The van der Waals surface area contributed by atoms with Gasteiger partial charge in [-0.1, -0.05) is 12.8 Å². The molecule has 1 aromatic heterocycles. The Bertz CT molecular complexity index is 518. The third-order valence-electron chi connectivity index (χ3n) is 4.18. The molecule has 0 aromatic carbocycles. The van der Waals surface area contributed by atoms with Gasteiger partial charge < -0.3 is 10.2 Å². The molecule has 0 atom stereocenters. The van der Waals surface area contributed by atoms with Crippen LogP contribution in [-0.4, -0.2) is 43.6 Å². The van der Waals surface area contributed by atoms with Crippen molar-refractivity contribution in [2.75, 3.05) is 6.54 Å². The van der Waals surface area contributed by atoms with Crippen LogP contribution in [0.5, 0.6) is 0 Å². The zero-order valence-corrected chi connectivity index (χ0v) is 10.9. The Hall–Kier alpha value is -1.92. The monoisotopic (exact) mass is 263 g/mol. The number of nitrogens with zero attached hydrogens (tertiary/aromatic N) is 4. The first-order valence-electron chi connectivity index (χ1n) is 6.55. The maximum Gasteiger partial charge on any atom is 0.246 e. The molecule has 3 rings (SSSR count). The first-order valence-corrected chi connectivity index (χ1v) is 6.55. The summed E-state index contributed by atoms with van der Waals surface area (Å²) in [6.45, 7) is 0.432. The van der Waals surface area contributed by atoms with Crippen LogP contribution in [0.25, 0.3) is 0 Å². The van der Waals surface area contributed by atoms with E-state index < -0.39 is 5.54 Å². The highest BCUT2D eigenvalue weighted by atomic mass is 16.2. The minimum atomic E-state index is -0.665. The highest BCUT2D eigenvalue weighted by molar-refractivity contribution is 5.98. The van der Waals surface area contributed by atoms with Gasteiger partial charge in [0.15, 0.2) is 0 Å². The Morgan fingerprint density at radius 2 is 2.11 bits per heavy atom. The molecule has 1 aromatic rings. The molecule has 0 unspecified atom stereocenters. The third kappa shape index (κ3) is 1.80.